The van der Waals surface area contributed by atoms with E-state index in [9.17, 15) is 4.79 Å². The van der Waals surface area contributed by atoms with E-state index >= 15 is 0 Å². The van der Waals surface area contributed by atoms with E-state index in [-0.39, 0.29) is 5.91 Å². The van der Waals surface area contributed by atoms with E-state index < -0.39 is 0 Å². The molecule has 1 amide bonds. The first-order chi connectivity index (χ1) is 14.7. The molecule has 0 aliphatic heterocycles. The summed E-state index contributed by atoms with van der Waals surface area (Å²) in [6.07, 6.45) is 9.18. The molecule has 4 aliphatic carbocycles. The number of aromatic nitrogens is 2. The molecular weight excluding hydrogens is 376 g/mol. The second-order valence-corrected chi connectivity index (χ2v) is 9.36. The van der Waals surface area contributed by atoms with Crippen molar-refractivity contribution < 1.29 is 9.53 Å². The van der Waals surface area contributed by atoms with Crippen LogP contribution in [0.2, 0.25) is 0 Å². The van der Waals surface area contributed by atoms with Gasteiger partial charge in [-0.15, -0.1) is 0 Å². The van der Waals surface area contributed by atoms with E-state index in [1.165, 1.54) is 32.1 Å². The largest absolute Gasteiger partial charge is 0.385 e. The Hall–Kier alpha value is -2.34. The number of rotatable bonds is 8. The summed E-state index contributed by atoms with van der Waals surface area (Å²) in [5.41, 5.74) is 1.57. The normalized spacial score (nSPS) is 29.2. The monoisotopic (exact) mass is 408 g/mol. The van der Waals surface area contributed by atoms with Gasteiger partial charge in [0, 0.05) is 26.3 Å². The molecule has 0 saturated heterocycles. The van der Waals surface area contributed by atoms with Gasteiger partial charge in [0.1, 0.15) is 11.4 Å². The zero-order chi connectivity index (χ0) is 20.5. The third kappa shape index (κ3) is 3.73. The second kappa shape index (κ2) is 8.42. The Morgan fingerprint density at radius 2 is 1.80 bits per heavy atom. The fourth-order valence-corrected chi connectivity index (χ4v) is 6.26. The second-order valence-electron chi connectivity index (χ2n) is 9.36. The van der Waals surface area contributed by atoms with Crippen LogP contribution in [-0.2, 0) is 4.74 Å². The van der Waals surface area contributed by atoms with Crippen molar-refractivity contribution >= 4 is 11.7 Å². The highest BCUT2D eigenvalue weighted by molar-refractivity contribution is 5.99. The van der Waals surface area contributed by atoms with Crippen molar-refractivity contribution in [2.45, 2.75) is 44.6 Å². The van der Waals surface area contributed by atoms with Crippen LogP contribution in [0.15, 0.2) is 36.5 Å². The lowest BCUT2D eigenvalue weighted by Gasteiger charge is -2.54. The number of carbonyl (C=O) groups is 1. The van der Waals surface area contributed by atoms with Crippen molar-refractivity contribution in [3.63, 3.8) is 0 Å². The van der Waals surface area contributed by atoms with Gasteiger partial charge in [-0.25, -0.2) is 4.68 Å². The lowest BCUT2D eigenvalue weighted by Crippen LogP contribution is -2.55. The Morgan fingerprint density at radius 1 is 1.10 bits per heavy atom. The molecule has 160 valence electrons. The predicted molar refractivity (Wildman–Crippen MR) is 117 cm³/mol. The zero-order valence-corrected chi connectivity index (χ0v) is 17.7. The van der Waals surface area contributed by atoms with E-state index in [4.69, 9.17) is 4.74 Å². The fraction of sp³-hybridized carbons (Fsp3) is 0.583. The minimum absolute atomic E-state index is 0.00361. The molecule has 4 saturated carbocycles. The molecule has 30 heavy (non-hydrogen) atoms. The van der Waals surface area contributed by atoms with Gasteiger partial charge < -0.3 is 15.4 Å². The Kier molecular flexibility index (Phi) is 5.50. The van der Waals surface area contributed by atoms with Crippen molar-refractivity contribution in [2.75, 3.05) is 25.6 Å². The van der Waals surface area contributed by atoms with Crippen LogP contribution in [-0.4, -0.2) is 42.0 Å². The van der Waals surface area contributed by atoms with Gasteiger partial charge in [-0.05, 0) is 74.3 Å². The average Bonchev–Trinajstić information content (AvgIpc) is 3.18. The van der Waals surface area contributed by atoms with Gasteiger partial charge in [-0.2, -0.15) is 5.10 Å². The average molecular weight is 409 g/mol. The number of benzene rings is 1. The third-order valence-electron chi connectivity index (χ3n) is 7.36. The molecule has 2 N–H and O–H groups in total. The topological polar surface area (TPSA) is 68.2 Å². The van der Waals surface area contributed by atoms with Crippen LogP contribution < -0.4 is 10.6 Å². The lowest BCUT2D eigenvalue weighted by molar-refractivity contribution is -0.0119. The number of methoxy groups -OCH3 is 1. The quantitative estimate of drug-likeness (QED) is 0.651. The van der Waals surface area contributed by atoms with E-state index in [0.29, 0.717) is 30.0 Å². The molecule has 6 rings (SSSR count). The van der Waals surface area contributed by atoms with Gasteiger partial charge in [0.15, 0.2) is 0 Å². The number of carbonyl (C=O) groups excluding carboxylic acids is 1. The standard InChI is InChI=1S/C24H32N4O2/c1-30-9-5-8-25-23-21(15-26-28(23)20-6-3-2-4-7-20)24(29)27-22-18-11-16-10-17(13-18)14-19(22)12-16/h2-4,6-7,15-19,22,25H,5,8-14H2,1H3,(H,27,29). The molecule has 1 heterocycles. The van der Waals surface area contributed by atoms with Gasteiger partial charge in [0.2, 0.25) is 0 Å². The van der Waals surface area contributed by atoms with Crippen molar-refractivity contribution in [1.29, 1.82) is 0 Å². The van der Waals surface area contributed by atoms with Crippen molar-refractivity contribution in [3.8, 4) is 5.69 Å². The Balaban J connectivity index is 1.36. The molecule has 6 heteroatoms. The summed E-state index contributed by atoms with van der Waals surface area (Å²) in [6.45, 7) is 1.41. The van der Waals surface area contributed by atoms with Crippen LogP contribution in [0.3, 0.4) is 0 Å². The zero-order valence-electron chi connectivity index (χ0n) is 17.7. The highest BCUT2D eigenvalue weighted by Crippen LogP contribution is 2.53. The summed E-state index contributed by atoms with van der Waals surface area (Å²) in [5, 5.41) is 11.4. The van der Waals surface area contributed by atoms with Crippen LogP contribution in [0.4, 0.5) is 5.82 Å². The number of hydrogen-bond donors (Lipinski definition) is 2. The molecular formula is C24H32N4O2. The van der Waals surface area contributed by atoms with Crippen molar-refractivity contribution in [2.24, 2.45) is 23.7 Å². The van der Waals surface area contributed by atoms with Crippen LogP contribution >= 0.6 is 0 Å². The maximum atomic E-state index is 13.4. The smallest absolute Gasteiger partial charge is 0.256 e. The third-order valence-corrected chi connectivity index (χ3v) is 7.36. The molecule has 4 bridgehead atoms. The Morgan fingerprint density at radius 3 is 2.47 bits per heavy atom. The molecule has 0 unspecified atom stereocenters. The predicted octanol–water partition coefficient (Wildman–Crippen LogP) is 3.88. The molecule has 6 nitrogen and oxygen atoms in total. The summed E-state index contributed by atoms with van der Waals surface area (Å²) in [5.74, 6) is 3.89. The maximum absolute atomic E-state index is 13.4. The van der Waals surface area contributed by atoms with Gasteiger partial charge in [-0.3, -0.25) is 4.79 Å². The number of amides is 1. The Bertz CT molecular complexity index is 851. The summed E-state index contributed by atoms with van der Waals surface area (Å²) in [7, 11) is 1.71. The first kappa shape index (κ1) is 19.6. The van der Waals surface area contributed by atoms with E-state index in [1.54, 1.807) is 13.3 Å². The highest BCUT2D eigenvalue weighted by atomic mass is 16.5. The number of ether oxygens (including phenoxy) is 1. The molecule has 0 atom stereocenters. The maximum Gasteiger partial charge on any atom is 0.256 e. The highest BCUT2D eigenvalue weighted by Gasteiger charge is 2.48. The van der Waals surface area contributed by atoms with Gasteiger partial charge >= 0.3 is 0 Å². The fourth-order valence-electron chi connectivity index (χ4n) is 6.26. The molecule has 4 fully saturated rings. The summed E-state index contributed by atoms with van der Waals surface area (Å²) >= 11 is 0. The Labute approximate surface area is 178 Å². The summed E-state index contributed by atoms with van der Waals surface area (Å²) < 4.78 is 7.00. The molecule has 1 aromatic heterocycles. The minimum Gasteiger partial charge on any atom is -0.385 e. The molecule has 0 spiro atoms. The molecule has 2 aromatic rings. The van der Waals surface area contributed by atoms with E-state index in [0.717, 1.165) is 36.3 Å². The molecule has 0 radical (unpaired) electrons. The molecule has 1 aromatic carbocycles. The number of nitrogens with zero attached hydrogens (tertiary/aromatic N) is 2. The van der Waals surface area contributed by atoms with Crippen LogP contribution in [0, 0.1) is 23.7 Å². The van der Waals surface area contributed by atoms with Crippen LogP contribution in [0.25, 0.3) is 5.69 Å². The van der Waals surface area contributed by atoms with Gasteiger partial charge in [-0.1, -0.05) is 18.2 Å². The van der Waals surface area contributed by atoms with Gasteiger partial charge in [0.25, 0.3) is 5.91 Å². The number of anilines is 1. The van der Waals surface area contributed by atoms with Crippen LogP contribution in [0.1, 0.15) is 48.9 Å². The summed E-state index contributed by atoms with van der Waals surface area (Å²) in [6, 6.07) is 10.3. The van der Waals surface area contributed by atoms with E-state index in [2.05, 4.69) is 15.7 Å². The summed E-state index contributed by atoms with van der Waals surface area (Å²) in [4.78, 5) is 13.4. The van der Waals surface area contributed by atoms with Crippen LogP contribution in [0.5, 0.6) is 0 Å². The van der Waals surface area contributed by atoms with E-state index in [1.807, 2.05) is 35.0 Å². The first-order valence-electron chi connectivity index (χ1n) is 11.4. The lowest BCUT2D eigenvalue weighted by atomic mass is 9.54. The minimum atomic E-state index is 0.00361. The van der Waals surface area contributed by atoms with Crippen molar-refractivity contribution in [1.82, 2.24) is 15.1 Å². The van der Waals surface area contributed by atoms with Crippen molar-refractivity contribution in [3.05, 3.63) is 42.1 Å². The first-order valence-corrected chi connectivity index (χ1v) is 11.4. The molecule has 4 aliphatic rings. The van der Waals surface area contributed by atoms with Gasteiger partial charge in [0.05, 0.1) is 11.9 Å². The number of nitrogens with one attached hydrogen (secondary N) is 2. The number of para-hydroxylation sites is 1. The SMILES string of the molecule is COCCCNc1c(C(=O)NC2C3CC4CC(C3)CC2C4)cnn1-c1ccccc1. The number of hydrogen-bond acceptors (Lipinski definition) is 4.